The van der Waals surface area contributed by atoms with Crippen LogP contribution >= 0.6 is 0 Å². The summed E-state index contributed by atoms with van der Waals surface area (Å²) >= 11 is 0. The number of aromatic nitrogens is 1. The molecular weight excluding hydrogens is 334 g/mol. The second kappa shape index (κ2) is 5.24. The van der Waals surface area contributed by atoms with E-state index in [4.69, 9.17) is 4.74 Å². The Morgan fingerprint density at radius 2 is 2.07 bits per heavy atom. The molecule has 1 aromatic rings. The first-order valence-electron chi connectivity index (χ1n) is 10.9. The number of aliphatic hydroxyl groups is 1. The van der Waals surface area contributed by atoms with E-state index >= 15 is 0 Å². The van der Waals surface area contributed by atoms with Gasteiger partial charge >= 0.3 is 0 Å². The number of aliphatic hydroxyl groups excluding tert-OH is 1. The Morgan fingerprint density at radius 3 is 2.89 bits per heavy atom. The van der Waals surface area contributed by atoms with Crippen molar-refractivity contribution in [3.63, 3.8) is 0 Å². The Bertz CT molecular complexity index is 806. The largest absolute Gasteiger partial charge is 0.393 e. The van der Waals surface area contributed by atoms with Crippen LogP contribution in [0.3, 0.4) is 0 Å². The molecule has 1 saturated heterocycles. The SMILES string of the molecule is C[C@]12CC[C@H](O)CC1=CC[C@@H]1[C@@H]2CC[C@@]2(C)[C@H]1C[C@@H]1O[C@@]12c1cccnc1. The highest BCUT2D eigenvalue weighted by molar-refractivity contribution is 5.37. The van der Waals surface area contributed by atoms with Crippen molar-refractivity contribution in [3.8, 4) is 0 Å². The van der Waals surface area contributed by atoms with Crippen LogP contribution in [-0.2, 0) is 10.3 Å². The summed E-state index contributed by atoms with van der Waals surface area (Å²) in [6.07, 6.45) is 14.8. The van der Waals surface area contributed by atoms with E-state index in [9.17, 15) is 5.11 Å². The van der Waals surface area contributed by atoms with E-state index < -0.39 is 0 Å². The minimum Gasteiger partial charge on any atom is -0.393 e. The predicted molar refractivity (Wildman–Crippen MR) is 104 cm³/mol. The smallest absolute Gasteiger partial charge is 0.127 e. The van der Waals surface area contributed by atoms with Crippen molar-refractivity contribution in [3.05, 3.63) is 41.7 Å². The topological polar surface area (TPSA) is 45.6 Å². The molecule has 2 heterocycles. The Labute approximate surface area is 162 Å². The van der Waals surface area contributed by atoms with Crippen LogP contribution in [0.1, 0.15) is 64.4 Å². The van der Waals surface area contributed by atoms with E-state index in [1.807, 2.05) is 12.4 Å². The standard InChI is InChI=1S/C24H31NO2/c1-22-9-7-17(26)12-15(22)5-6-18-19(22)8-10-23(2)20(18)13-21-24(23,27-21)16-4-3-11-25-14-16/h3-5,11,14,17-21,26H,6-10,12-13H2,1-2H3/t17-,18+,19-,20-,21-,22-,23-,24-/m0/s1. The predicted octanol–water partition coefficient (Wildman–Crippen LogP) is 4.61. The summed E-state index contributed by atoms with van der Waals surface area (Å²) in [7, 11) is 0. The normalized spacial score (nSPS) is 52.9. The number of fused-ring (bicyclic) bond motifs is 7. The summed E-state index contributed by atoms with van der Waals surface area (Å²) in [6, 6.07) is 4.30. The third-order valence-electron chi connectivity index (χ3n) is 9.60. The number of allylic oxidation sites excluding steroid dienone is 1. The van der Waals surface area contributed by atoms with Crippen molar-refractivity contribution in [2.24, 2.45) is 28.6 Å². The van der Waals surface area contributed by atoms with Gasteiger partial charge in [0.25, 0.3) is 0 Å². The molecule has 27 heavy (non-hydrogen) atoms. The number of ether oxygens (including phenoxy) is 1. The van der Waals surface area contributed by atoms with Crippen LogP contribution in [0.2, 0.25) is 0 Å². The molecule has 1 aliphatic heterocycles. The van der Waals surface area contributed by atoms with Crippen LogP contribution in [0.15, 0.2) is 36.2 Å². The highest BCUT2D eigenvalue weighted by Gasteiger charge is 2.77. The minimum atomic E-state index is -0.115. The molecule has 144 valence electrons. The summed E-state index contributed by atoms with van der Waals surface area (Å²) in [4.78, 5) is 4.41. The van der Waals surface area contributed by atoms with E-state index in [-0.39, 0.29) is 17.1 Å². The zero-order chi connectivity index (χ0) is 18.4. The lowest BCUT2D eigenvalue weighted by Gasteiger charge is -2.58. The van der Waals surface area contributed by atoms with Crippen LogP contribution in [0.5, 0.6) is 0 Å². The maximum Gasteiger partial charge on any atom is 0.127 e. The molecule has 4 fully saturated rings. The molecule has 6 rings (SSSR count). The number of nitrogens with zero attached hydrogens (tertiary/aromatic N) is 1. The van der Waals surface area contributed by atoms with E-state index in [1.165, 1.54) is 31.2 Å². The summed E-state index contributed by atoms with van der Waals surface area (Å²) in [5.41, 5.74) is 3.34. The van der Waals surface area contributed by atoms with Crippen LogP contribution in [0.25, 0.3) is 0 Å². The quantitative estimate of drug-likeness (QED) is 0.584. The molecule has 0 aromatic carbocycles. The summed E-state index contributed by atoms with van der Waals surface area (Å²) in [6.45, 7) is 5.02. The first kappa shape index (κ1) is 16.7. The van der Waals surface area contributed by atoms with Gasteiger partial charge in [0.2, 0.25) is 0 Å². The Kier molecular flexibility index (Phi) is 3.25. The lowest BCUT2D eigenvalue weighted by Crippen LogP contribution is -2.52. The lowest BCUT2D eigenvalue weighted by molar-refractivity contribution is -0.0845. The number of epoxide rings is 1. The van der Waals surface area contributed by atoms with Crippen LogP contribution in [-0.4, -0.2) is 22.3 Å². The van der Waals surface area contributed by atoms with Crippen LogP contribution in [0.4, 0.5) is 0 Å². The van der Waals surface area contributed by atoms with Gasteiger partial charge in [-0.2, -0.15) is 0 Å². The van der Waals surface area contributed by atoms with E-state index in [0.717, 1.165) is 37.0 Å². The minimum absolute atomic E-state index is 0.0788. The fourth-order valence-corrected chi connectivity index (χ4v) is 8.16. The zero-order valence-electron chi connectivity index (χ0n) is 16.5. The van der Waals surface area contributed by atoms with Gasteiger partial charge < -0.3 is 9.84 Å². The number of rotatable bonds is 1. The van der Waals surface area contributed by atoms with E-state index in [2.05, 4.69) is 37.0 Å². The van der Waals surface area contributed by atoms with E-state index in [1.54, 1.807) is 5.57 Å². The van der Waals surface area contributed by atoms with Gasteiger partial charge in [-0.1, -0.05) is 31.6 Å². The Morgan fingerprint density at radius 1 is 1.19 bits per heavy atom. The van der Waals surface area contributed by atoms with Gasteiger partial charge in [-0.05, 0) is 74.2 Å². The van der Waals surface area contributed by atoms with Crippen molar-refractivity contribution in [1.82, 2.24) is 4.98 Å². The van der Waals surface area contributed by atoms with Crippen LogP contribution < -0.4 is 0 Å². The number of hydrogen-bond donors (Lipinski definition) is 1. The molecule has 0 radical (unpaired) electrons. The zero-order valence-corrected chi connectivity index (χ0v) is 16.5. The molecule has 0 unspecified atom stereocenters. The van der Waals surface area contributed by atoms with Crippen molar-refractivity contribution in [2.45, 2.75) is 76.6 Å². The highest BCUT2D eigenvalue weighted by Crippen LogP contribution is 2.76. The average Bonchev–Trinajstić information content (AvgIpc) is 3.35. The highest BCUT2D eigenvalue weighted by atomic mass is 16.6. The first-order valence-corrected chi connectivity index (χ1v) is 10.9. The maximum absolute atomic E-state index is 10.2. The molecule has 0 amide bonds. The molecule has 0 bridgehead atoms. The molecule has 8 atom stereocenters. The molecule has 1 aromatic heterocycles. The molecule has 3 nitrogen and oxygen atoms in total. The van der Waals surface area contributed by atoms with Crippen molar-refractivity contribution in [1.29, 1.82) is 0 Å². The Hall–Kier alpha value is -1.19. The van der Waals surface area contributed by atoms with Crippen molar-refractivity contribution in [2.75, 3.05) is 0 Å². The van der Waals surface area contributed by atoms with Crippen molar-refractivity contribution >= 4 is 0 Å². The molecule has 1 N–H and O–H groups in total. The number of pyridine rings is 1. The molecule has 3 heteroatoms. The van der Waals surface area contributed by atoms with Gasteiger partial charge in [0.15, 0.2) is 0 Å². The van der Waals surface area contributed by atoms with Gasteiger partial charge in [0.1, 0.15) is 5.60 Å². The fourth-order valence-electron chi connectivity index (χ4n) is 8.16. The van der Waals surface area contributed by atoms with Gasteiger partial charge in [-0.3, -0.25) is 4.98 Å². The molecular formula is C24H31NO2. The van der Waals surface area contributed by atoms with Crippen LogP contribution in [0, 0.1) is 28.6 Å². The molecule has 4 aliphatic carbocycles. The summed E-state index contributed by atoms with van der Waals surface area (Å²) in [5.74, 6) is 2.31. The number of hydrogen-bond acceptors (Lipinski definition) is 3. The second-order valence-electron chi connectivity index (χ2n) is 10.4. The summed E-state index contributed by atoms with van der Waals surface area (Å²) < 4.78 is 6.44. The van der Waals surface area contributed by atoms with E-state index in [0.29, 0.717) is 11.5 Å². The molecule has 5 aliphatic rings. The lowest BCUT2D eigenvalue weighted by atomic mass is 9.47. The summed E-state index contributed by atoms with van der Waals surface area (Å²) in [5, 5.41) is 10.2. The van der Waals surface area contributed by atoms with Gasteiger partial charge in [-0.25, -0.2) is 0 Å². The average molecular weight is 366 g/mol. The monoisotopic (exact) mass is 365 g/mol. The van der Waals surface area contributed by atoms with Gasteiger partial charge in [-0.15, -0.1) is 0 Å². The second-order valence-corrected chi connectivity index (χ2v) is 10.4. The van der Waals surface area contributed by atoms with Crippen molar-refractivity contribution < 1.29 is 9.84 Å². The Balaban J connectivity index is 1.37. The fraction of sp³-hybridized carbons (Fsp3) is 0.708. The van der Waals surface area contributed by atoms with Gasteiger partial charge in [0, 0.05) is 23.4 Å². The third-order valence-corrected chi connectivity index (χ3v) is 9.60. The molecule has 3 saturated carbocycles. The first-order chi connectivity index (χ1) is 13.0. The van der Waals surface area contributed by atoms with Gasteiger partial charge in [0.05, 0.1) is 12.2 Å². The third kappa shape index (κ3) is 1.93. The molecule has 0 spiro atoms. The maximum atomic E-state index is 10.2.